The van der Waals surface area contributed by atoms with Crippen molar-refractivity contribution in [1.29, 1.82) is 0 Å². The van der Waals surface area contributed by atoms with Crippen molar-refractivity contribution in [3.05, 3.63) is 0 Å². The number of esters is 1. The van der Waals surface area contributed by atoms with Crippen molar-refractivity contribution in [3.63, 3.8) is 0 Å². The molecular weight excluding hydrogens is 146 g/mol. The predicted octanol–water partition coefficient (Wildman–Crippen LogP) is -1.10. The van der Waals surface area contributed by atoms with Crippen molar-refractivity contribution in [2.24, 2.45) is 5.73 Å². The Balaban J connectivity index is 0. The van der Waals surface area contributed by atoms with E-state index in [1.54, 1.807) is 0 Å². The second-order valence-electron chi connectivity index (χ2n) is 1.15. The predicted molar refractivity (Wildman–Crippen MR) is 34.3 cm³/mol. The minimum Gasteiger partial charge on any atom is -0.462 e. The van der Waals surface area contributed by atoms with Gasteiger partial charge in [-0.05, 0) is 0 Å². The molecule has 0 unspecified atom stereocenters. The fourth-order valence-corrected chi connectivity index (χ4v) is 0.218. The van der Waals surface area contributed by atoms with Crippen LogP contribution in [0.4, 0.5) is 0 Å². The number of hydrogen-bond acceptors (Lipinski definition) is 4. The Morgan fingerprint density at radius 3 is 2.56 bits per heavy atom. The minimum atomic E-state index is -0.487. The van der Waals surface area contributed by atoms with E-state index in [4.69, 9.17) is 10.8 Å². The van der Waals surface area contributed by atoms with Gasteiger partial charge < -0.3 is 15.6 Å². The van der Waals surface area contributed by atoms with Crippen LogP contribution in [0, 0.1) is 0 Å². The van der Waals surface area contributed by atoms with Crippen molar-refractivity contribution >= 4 is 18.4 Å². The van der Waals surface area contributed by atoms with E-state index in [9.17, 15) is 4.79 Å². The SMILES string of the molecule is Cl.NCC(=O)OCCO. The highest BCUT2D eigenvalue weighted by atomic mass is 35.5. The monoisotopic (exact) mass is 155 g/mol. The average Bonchev–Trinajstić information content (AvgIpc) is 1.83. The maximum absolute atomic E-state index is 10.1. The Hall–Kier alpha value is -0.320. The van der Waals surface area contributed by atoms with Gasteiger partial charge in [-0.2, -0.15) is 0 Å². The molecule has 3 N–H and O–H groups in total. The van der Waals surface area contributed by atoms with Crippen molar-refractivity contribution < 1.29 is 14.6 Å². The minimum absolute atomic E-state index is 0. The molecule has 56 valence electrons. The molecule has 0 bridgehead atoms. The quantitative estimate of drug-likeness (QED) is 0.508. The Bertz CT molecular complexity index is 78.2. The molecule has 5 heteroatoms. The molecule has 4 nitrogen and oxygen atoms in total. The lowest BCUT2D eigenvalue weighted by molar-refractivity contribution is -0.142. The first-order valence-electron chi connectivity index (χ1n) is 2.27. The Labute approximate surface area is 59.4 Å². The lowest BCUT2D eigenvalue weighted by atomic mass is 10.7. The number of nitrogens with two attached hydrogens (primary N) is 1. The number of ether oxygens (including phenoxy) is 1. The van der Waals surface area contributed by atoms with Gasteiger partial charge >= 0.3 is 5.97 Å². The Kier molecular flexibility index (Phi) is 9.79. The summed E-state index contributed by atoms with van der Waals surface area (Å²) in [7, 11) is 0. The third-order valence-electron chi connectivity index (χ3n) is 0.521. The van der Waals surface area contributed by atoms with E-state index in [0.717, 1.165) is 0 Å². The Morgan fingerprint density at radius 2 is 2.22 bits per heavy atom. The van der Waals surface area contributed by atoms with Crippen molar-refractivity contribution in [2.45, 2.75) is 0 Å². The summed E-state index contributed by atoms with van der Waals surface area (Å²) in [6, 6.07) is 0. The second-order valence-corrected chi connectivity index (χ2v) is 1.15. The molecule has 0 saturated carbocycles. The van der Waals surface area contributed by atoms with Crippen LogP contribution in [-0.4, -0.2) is 30.8 Å². The third-order valence-corrected chi connectivity index (χ3v) is 0.521. The van der Waals surface area contributed by atoms with Crippen LogP contribution in [0.2, 0.25) is 0 Å². The van der Waals surface area contributed by atoms with Gasteiger partial charge in [0, 0.05) is 0 Å². The van der Waals surface area contributed by atoms with Gasteiger partial charge in [-0.15, -0.1) is 12.4 Å². The molecule has 0 spiro atoms. The van der Waals surface area contributed by atoms with Crippen LogP contribution in [0.15, 0.2) is 0 Å². The van der Waals surface area contributed by atoms with Crippen LogP contribution in [0.25, 0.3) is 0 Å². The molecule has 0 saturated heterocycles. The number of carbonyl (C=O) groups excluding carboxylic acids is 1. The molecule has 0 atom stereocenters. The molecule has 0 amide bonds. The highest BCUT2D eigenvalue weighted by Gasteiger charge is 1.94. The molecular formula is C4H10ClNO3. The molecule has 0 aromatic rings. The van der Waals surface area contributed by atoms with Gasteiger partial charge in [-0.3, -0.25) is 4.79 Å². The van der Waals surface area contributed by atoms with Gasteiger partial charge in [0.15, 0.2) is 0 Å². The molecule has 0 heterocycles. The highest BCUT2D eigenvalue weighted by Crippen LogP contribution is 1.71. The van der Waals surface area contributed by atoms with E-state index in [2.05, 4.69) is 4.74 Å². The van der Waals surface area contributed by atoms with E-state index in [1.165, 1.54) is 0 Å². The number of rotatable bonds is 3. The summed E-state index contributed by atoms with van der Waals surface area (Å²) in [6.45, 7) is -0.234. The lowest BCUT2D eigenvalue weighted by Crippen LogP contribution is -2.18. The lowest BCUT2D eigenvalue weighted by Gasteiger charge is -1.96. The van der Waals surface area contributed by atoms with E-state index in [-0.39, 0.29) is 32.2 Å². The average molecular weight is 156 g/mol. The first kappa shape index (κ1) is 11.5. The van der Waals surface area contributed by atoms with Crippen LogP contribution in [0.5, 0.6) is 0 Å². The molecule has 0 aliphatic heterocycles. The molecule has 9 heavy (non-hydrogen) atoms. The smallest absolute Gasteiger partial charge is 0.319 e. The highest BCUT2D eigenvalue weighted by molar-refractivity contribution is 5.85. The topological polar surface area (TPSA) is 72.6 Å². The van der Waals surface area contributed by atoms with Gasteiger partial charge in [0.05, 0.1) is 13.2 Å². The molecule has 0 rings (SSSR count). The standard InChI is InChI=1S/C4H9NO3.ClH/c5-3-4(7)8-2-1-6;/h6H,1-3,5H2;1H. The molecule has 0 aliphatic rings. The first-order valence-corrected chi connectivity index (χ1v) is 2.27. The van der Waals surface area contributed by atoms with Gasteiger partial charge in [0.2, 0.25) is 0 Å². The van der Waals surface area contributed by atoms with Gasteiger partial charge in [0.25, 0.3) is 0 Å². The van der Waals surface area contributed by atoms with Gasteiger partial charge in [-0.1, -0.05) is 0 Å². The first-order chi connectivity index (χ1) is 3.81. The van der Waals surface area contributed by atoms with Crippen LogP contribution in [0.1, 0.15) is 0 Å². The third kappa shape index (κ3) is 7.68. The van der Waals surface area contributed by atoms with E-state index < -0.39 is 5.97 Å². The zero-order chi connectivity index (χ0) is 6.41. The van der Waals surface area contributed by atoms with Crippen molar-refractivity contribution in [2.75, 3.05) is 19.8 Å². The van der Waals surface area contributed by atoms with Crippen LogP contribution >= 0.6 is 12.4 Å². The molecule has 0 aromatic carbocycles. The number of aliphatic hydroxyl groups is 1. The zero-order valence-electron chi connectivity index (χ0n) is 4.87. The van der Waals surface area contributed by atoms with Crippen molar-refractivity contribution in [1.82, 2.24) is 0 Å². The number of halogens is 1. The number of aliphatic hydroxyl groups excluding tert-OH is 1. The Morgan fingerprint density at radius 1 is 1.67 bits per heavy atom. The largest absolute Gasteiger partial charge is 0.462 e. The molecule has 0 fully saturated rings. The van der Waals surface area contributed by atoms with Gasteiger partial charge in [0.1, 0.15) is 6.61 Å². The maximum Gasteiger partial charge on any atom is 0.319 e. The van der Waals surface area contributed by atoms with E-state index in [0.29, 0.717) is 0 Å². The van der Waals surface area contributed by atoms with Crippen LogP contribution in [-0.2, 0) is 9.53 Å². The van der Waals surface area contributed by atoms with Crippen molar-refractivity contribution in [3.8, 4) is 0 Å². The molecule has 0 aromatic heterocycles. The fourth-order valence-electron chi connectivity index (χ4n) is 0.218. The normalized spacial score (nSPS) is 7.78. The van der Waals surface area contributed by atoms with Crippen LogP contribution < -0.4 is 5.73 Å². The maximum atomic E-state index is 10.1. The fraction of sp³-hybridized carbons (Fsp3) is 0.750. The number of hydrogen-bond donors (Lipinski definition) is 2. The van der Waals surface area contributed by atoms with Gasteiger partial charge in [-0.25, -0.2) is 0 Å². The summed E-state index contributed by atoms with van der Waals surface area (Å²) in [5.74, 6) is -0.487. The molecule has 0 radical (unpaired) electrons. The van der Waals surface area contributed by atoms with Crippen LogP contribution in [0.3, 0.4) is 0 Å². The van der Waals surface area contributed by atoms with E-state index >= 15 is 0 Å². The summed E-state index contributed by atoms with van der Waals surface area (Å²) in [5, 5.41) is 8.09. The summed E-state index contributed by atoms with van der Waals surface area (Å²) in [5.41, 5.74) is 4.86. The summed E-state index contributed by atoms with van der Waals surface area (Å²) < 4.78 is 4.33. The molecule has 0 aliphatic carbocycles. The van der Waals surface area contributed by atoms with E-state index in [1.807, 2.05) is 0 Å². The summed E-state index contributed by atoms with van der Waals surface area (Å²) in [6.07, 6.45) is 0. The summed E-state index contributed by atoms with van der Waals surface area (Å²) in [4.78, 5) is 10.1. The zero-order valence-corrected chi connectivity index (χ0v) is 5.69. The number of carbonyl (C=O) groups is 1. The summed E-state index contributed by atoms with van der Waals surface area (Å²) >= 11 is 0. The second kappa shape index (κ2) is 7.68.